The second kappa shape index (κ2) is 8.21. The van der Waals surface area contributed by atoms with Gasteiger partial charge in [-0.15, -0.1) is 10.2 Å². The van der Waals surface area contributed by atoms with Crippen LogP contribution in [0.3, 0.4) is 0 Å². The number of nitro groups is 1. The van der Waals surface area contributed by atoms with Gasteiger partial charge in [0.1, 0.15) is 5.69 Å². The van der Waals surface area contributed by atoms with Gasteiger partial charge in [0.2, 0.25) is 5.16 Å². The molecule has 0 atom stereocenters. The normalized spacial score (nSPS) is 11.4. The topological polar surface area (TPSA) is 103 Å². The summed E-state index contributed by atoms with van der Waals surface area (Å²) in [4.78, 5) is 23.2. The van der Waals surface area contributed by atoms with Crippen molar-refractivity contribution in [3.63, 3.8) is 0 Å². The number of nitro benzene ring substituents is 1. The molecule has 0 unspecified atom stereocenters. The van der Waals surface area contributed by atoms with E-state index in [0.717, 1.165) is 4.68 Å². The zero-order valence-corrected chi connectivity index (χ0v) is 15.7. The van der Waals surface area contributed by atoms with E-state index < -0.39 is 15.9 Å². The molecule has 0 saturated carbocycles. The molecule has 0 spiro atoms. The molecule has 0 aliphatic rings. The molecular weight excluding hydrogens is 366 g/mol. The zero-order chi connectivity index (χ0) is 17.9. The van der Waals surface area contributed by atoms with Gasteiger partial charge in [-0.05, 0) is 12.3 Å². The van der Waals surface area contributed by atoms with Gasteiger partial charge in [0.15, 0.2) is 0 Å². The molecule has 0 saturated heterocycles. The summed E-state index contributed by atoms with van der Waals surface area (Å²) in [6.45, 7) is 5.56. The smallest absolute Gasteiger partial charge is 0.297 e. The Balaban J connectivity index is 0.00000312. The molecule has 1 aromatic heterocycles. The van der Waals surface area contributed by atoms with Crippen molar-refractivity contribution in [1.29, 1.82) is 0 Å². The highest BCUT2D eigenvalue weighted by molar-refractivity contribution is 7.98. The first-order valence-electron chi connectivity index (χ1n) is 7.07. The van der Waals surface area contributed by atoms with Crippen LogP contribution in [0.5, 0.6) is 0 Å². The quantitative estimate of drug-likeness (QED) is 0.304. The van der Waals surface area contributed by atoms with Gasteiger partial charge in [-0.3, -0.25) is 14.9 Å². The number of aromatic nitrogens is 3. The van der Waals surface area contributed by atoms with Crippen molar-refractivity contribution in [3.05, 3.63) is 56.0 Å². The van der Waals surface area contributed by atoms with Crippen molar-refractivity contribution in [3.8, 4) is 0 Å². The first-order chi connectivity index (χ1) is 11.3. The van der Waals surface area contributed by atoms with Gasteiger partial charge in [0.25, 0.3) is 11.2 Å². The number of thioether (sulfide) groups is 1. The molecular formula is C15H17ClN5O3S-. The molecule has 2 aromatic rings. The molecule has 0 bridgehead atoms. The van der Waals surface area contributed by atoms with Crippen molar-refractivity contribution < 1.29 is 17.3 Å². The lowest BCUT2D eigenvalue weighted by molar-refractivity contribution is -0.385. The number of benzene rings is 1. The predicted octanol–water partition coefficient (Wildman–Crippen LogP) is -0.548. The summed E-state index contributed by atoms with van der Waals surface area (Å²) in [5.41, 5.74) is -0.387. The molecule has 1 aromatic carbocycles. The Labute approximate surface area is 154 Å². The molecule has 0 aliphatic heterocycles. The van der Waals surface area contributed by atoms with E-state index in [4.69, 9.17) is 0 Å². The minimum Gasteiger partial charge on any atom is -1.00 e. The third-order valence-electron chi connectivity index (χ3n) is 3.15. The highest BCUT2D eigenvalue weighted by atomic mass is 35.5. The largest absolute Gasteiger partial charge is 1.00 e. The number of hydrogen-bond donors (Lipinski definition) is 0. The fraction of sp³-hybridized carbons (Fsp3) is 0.333. The highest BCUT2D eigenvalue weighted by Crippen LogP contribution is 2.18. The van der Waals surface area contributed by atoms with Gasteiger partial charge in [-0.1, -0.05) is 44.7 Å². The van der Waals surface area contributed by atoms with E-state index in [9.17, 15) is 14.9 Å². The van der Waals surface area contributed by atoms with Crippen molar-refractivity contribution in [2.24, 2.45) is 5.10 Å². The van der Waals surface area contributed by atoms with E-state index in [2.05, 4.69) is 15.3 Å². The average Bonchev–Trinajstić information content (AvgIpc) is 2.52. The fourth-order valence-electron chi connectivity index (χ4n) is 1.95. The van der Waals surface area contributed by atoms with E-state index >= 15 is 0 Å². The number of halogens is 1. The molecule has 0 radical (unpaired) electrons. The monoisotopic (exact) mass is 382 g/mol. The summed E-state index contributed by atoms with van der Waals surface area (Å²) in [7, 11) is 0. The molecule has 25 heavy (non-hydrogen) atoms. The molecule has 134 valence electrons. The molecule has 0 N–H and O–H groups in total. The molecule has 1 heterocycles. The number of para-hydroxylation sites is 1. The Morgan fingerprint density at radius 3 is 2.48 bits per heavy atom. The van der Waals surface area contributed by atoms with Crippen LogP contribution < -0.4 is 18.0 Å². The van der Waals surface area contributed by atoms with E-state index in [1.54, 1.807) is 24.5 Å². The molecule has 10 heteroatoms. The minimum absolute atomic E-state index is 0. The number of rotatable bonds is 4. The van der Waals surface area contributed by atoms with Gasteiger partial charge in [0.05, 0.1) is 16.7 Å². The van der Waals surface area contributed by atoms with E-state index in [-0.39, 0.29) is 23.8 Å². The van der Waals surface area contributed by atoms with Crippen LogP contribution in [0.4, 0.5) is 5.69 Å². The molecule has 2 rings (SSSR count). The summed E-state index contributed by atoms with van der Waals surface area (Å²) in [6.07, 6.45) is 3.03. The first kappa shape index (κ1) is 20.8. The Kier molecular flexibility index (Phi) is 6.83. The van der Waals surface area contributed by atoms with Gasteiger partial charge >= 0.3 is 0 Å². The molecule has 0 aliphatic carbocycles. The zero-order valence-electron chi connectivity index (χ0n) is 14.1. The predicted molar refractivity (Wildman–Crippen MR) is 92.9 cm³/mol. The van der Waals surface area contributed by atoms with Crippen LogP contribution in [-0.2, 0) is 5.41 Å². The maximum Gasteiger partial charge on any atom is 0.297 e. The lowest BCUT2D eigenvalue weighted by Gasteiger charge is -2.16. The van der Waals surface area contributed by atoms with E-state index in [1.165, 1.54) is 24.0 Å². The fourth-order valence-corrected chi connectivity index (χ4v) is 2.37. The van der Waals surface area contributed by atoms with Crippen LogP contribution in [0.25, 0.3) is 0 Å². The van der Waals surface area contributed by atoms with Gasteiger partial charge < -0.3 is 12.4 Å². The highest BCUT2D eigenvalue weighted by Gasteiger charge is 2.23. The summed E-state index contributed by atoms with van der Waals surface area (Å²) < 4.78 is 1.12. The summed E-state index contributed by atoms with van der Waals surface area (Å²) >= 11 is 1.22. The summed E-state index contributed by atoms with van der Waals surface area (Å²) in [6, 6.07) is 6.17. The summed E-state index contributed by atoms with van der Waals surface area (Å²) in [5.74, 6) is 0. The average molecular weight is 383 g/mol. The van der Waals surface area contributed by atoms with Gasteiger partial charge in [-0.2, -0.15) is 9.78 Å². The van der Waals surface area contributed by atoms with Crippen molar-refractivity contribution in [2.45, 2.75) is 31.3 Å². The van der Waals surface area contributed by atoms with Crippen LogP contribution in [0, 0.1) is 10.1 Å². The number of nitrogens with zero attached hydrogens (tertiary/aromatic N) is 5. The van der Waals surface area contributed by atoms with Crippen molar-refractivity contribution in [1.82, 2.24) is 14.9 Å². The lowest BCUT2D eigenvalue weighted by atomic mass is 9.93. The molecule has 8 nitrogen and oxygen atoms in total. The van der Waals surface area contributed by atoms with Crippen LogP contribution in [0.2, 0.25) is 0 Å². The van der Waals surface area contributed by atoms with Gasteiger partial charge in [0, 0.05) is 11.5 Å². The Bertz CT molecular complexity index is 861. The molecule has 0 fully saturated rings. The second-order valence-corrected chi connectivity index (χ2v) is 6.74. The second-order valence-electron chi connectivity index (χ2n) is 5.96. The van der Waals surface area contributed by atoms with Crippen LogP contribution in [0.1, 0.15) is 32.0 Å². The Hall–Kier alpha value is -2.26. The minimum atomic E-state index is -0.495. The maximum atomic E-state index is 12.6. The van der Waals surface area contributed by atoms with Gasteiger partial charge in [-0.25, -0.2) is 0 Å². The summed E-state index contributed by atoms with van der Waals surface area (Å²) in [5, 5.41) is 23.5. The van der Waals surface area contributed by atoms with Crippen LogP contribution in [-0.4, -0.2) is 32.3 Å². The lowest BCUT2D eigenvalue weighted by Crippen LogP contribution is -3.00. The van der Waals surface area contributed by atoms with E-state index in [0.29, 0.717) is 10.7 Å². The Morgan fingerprint density at radius 2 is 1.92 bits per heavy atom. The van der Waals surface area contributed by atoms with Crippen LogP contribution >= 0.6 is 11.8 Å². The Morgan fingerprint density at radius 1 is 1.28 bits per heavy atom. The third-order valence-corrected chi connectivity index (χ3v) is 3.77. The van der Waals surface area contributed by atoms with Crippen molar-refractivity contribution in [2.75, 3.05) is 6.26 Å². The maximum absolute atomic E-state index is 12.6. The van der Waals surface area contributed by atoms with Crippen LogP contribution in [0.15, 0.2) is 39.3 Å². The first-order valence-corrected chi connectivity index (χ1v) is 8.30. The number of hydrogen-bond acceptors (Lipinski definition) is 7. The van der Waals surface area contributed by atoms with E-state index in [1.807, 2.05) is 20.8 Å². The third kappa shape index (κ3) is 4.64. The molecule has 0 amide bonds. The standard InChI is InChI=1S/C15H17N5O3S.ClH/c1-15(2,3)12-13(21)19(14(24-4)18-17-12)16-9-10-7-5-6-8-11(10)20(22)23;/h5-9H,1-4H3;1H/p-1/b16-9+;. The SMILES string of the molecule is CSc1nnc(C(C)(C)C)c(=O)n1/N=C/c1ccccc1[N+](=O)[O-].[Cl-]. The van der Waals surface area contributed by atoms with Crippen molar-refractivity contribution >= 4 is 23.7 Å².